The van der Waals surface area contributed by atoms with Crippen molar-refractivity contribution in [3.63, 3.8) is 0 Å². The van der Waals surface area contributed by atoms with E-state index in [1.807, 2.05) is 13.0 Å². The van der Waals surface area contributed by atoms with Gasteiger partial charge in [-0.05, 0) is 47.3 Å². The van der Waals surface area contributed by atoms with Crippen molar-refractivity contribution in [2.24, 2.45) is 5.73 Å². The van der Waals surface area contributed by atoms with E-state index in [0.717, 1.165) is 12.0 Å². The first-order chi connectivity index (χ1) is 6.11. The monoisotopic (exact) mass is 245 g/mol. The Balaban J connectivity index is 2.71. The summed E-state index contributed by atoms with van der Waals surface area (Å²) >= 11 is 3.15. The van der Waals surface area contributed by atoms with Gasteiger partial charge in [0.25, 0.3) is 0 Å². The van der Waals surface area contributed by atoms with Gasteiger partial charge < -0.3 is 5.73 Å². The molecule has 1 aromatic carbocycles. The number of nitrogens with two attached hydrogens (primary N) is 1. The van der Waals surface area contributed by atoms with Gasteiger partial charge in [0.1, 0.15) is 5.82 Å². The number of aryl methyl sites for hydroxylation is 1. The summed E-state index contributed by atoms with van der Waals surface area (Å²) in [4.78, 5) is 0. The topological polar surface area (TPSA) is 26.0 Å². The Morgan fingerprint density at radius 2 is 2.23 bits per heavy atom. The van der Waals surface area contributed by atoms with Gasteiger partial charge in [-0.1, -0.05) is 12.1 Å². The highest BCUT2D eigenvalue weighted by atomic mass is 79.9. The van der Waals surface area contributed by atoms with Crippen LogP contribution >= 0.6 is 15.9 Å². The lowest BCUT2D eigenvalue weighted by Gasteiger charge is -2.06. The number of halogens is 2. The van der Waals surface area contributed by atoms with Crippen LogP contribution in [0.1, 0.15) is 18.9 Å². The van der Waals surface area contributed by atoms with Gasteiger partial charge >= 0.3 is 0 Å². The lowest BCUT2D eigenvalue weighted by Crippen LogP contribution is -2.15. The predicted molar refractivity (Wildman–Crippen MR) is 56.1 cm³/mol. The molecule has 0 saturated carbocycles. The molecular weight excluding hydrogens is 233 g/mol. The van der Waals surface area contributed by atoms with E-state index in [1.54, 1.807) is 12.1 Å². The fraction of sp³-hybridized carbons (Fsp3) is 0.400. The molecule has 0 aliphatic rings. The first kappa shape index (κ1) is 10.7. The summed E-state index contributed by atoms with van der Waals surface area (Å²) in [5, 5.41) is 0. The maximum Gasteiger partial charge on any atom is 0.140 e. The summed E-state index contributed by atoms with van der Waals surface area (Å²) in [6.07, 6.45) is 1.51. The lowest BCUT2D eigenvalue weighted by molar-refractivity contribution is 0.585. The van der Waals surface area contributed by atoms with Crippen molar-refractivity contribution < 1.29 is 4.39 Å². The van der Waals surface area contributed by atoms with Crippen LogP contribution in [-0.2, 0) is 6.42 Å². The van der Waals surface area contributed by atoms with Gasteiger partial charge in [-0.3, -0.25) is 0 Å². The molecule has 0 aliphatic heterocycles. The smallest absolute Gasteiger partial charge is 0.140 e. The molecule has 0 radical (unpaired) electrons. The van der Waals surface area contributed by atoms with Crippen molar-refractivity contribution in [2.75, 3.05) is 0 Å². The molecule has 0 unspecified atom stereocenters. The Hall–Kier alpha value is -0.410. The number of hydrogen-bond acceptors (Lipinski definition) is 1. The van der Waals surface area contributed by atoms with Gasteiger partial charge in [0, 0.05) is 6.04 Å². The highest BCUT2D eigenvalue weighted by Gasteiger charge is 2.05. The van der Waals surface area contributed by atoms with Crippen LogP contribution in [0.15, 0.2) is 22.7 Å². The molecule has 0 saturated heterocycles. The van der Waals surface area contributed by atoms with E-state index >= 15 is 0 Å². The summed E-state index contributed by atoms with van der Waals surface area (Å²) in [5.41, 5.74) is 6.32. The zero-order valence-electron chi connectivity index (χ0n) is 7.56. The molecule has 1 aromatic rings. The van der Waals surface area contributed by atoms with E-state index in [2.05, 4.69) is 15.9 Å². The molecule has 0 heterocycles. The van der Waals surface area contributed by atoms with Crippen LogP contribution in [0.4, 0.5) is 4.39 Å². The minimum absolute atomic E-state index is 0.124. The van der Waals surface area contributed by atoms with E-state index in [4.69, 9.17) is 5.73 Å². The van der Waals surface area contributed by atoms with Gasteiger partial charge in [0.15, 0.2) is 0 Å². The van der Waals surface area contributed by atoms with Crippen LogP contribution in [-0.4, -0.2) is 6.04 Å². The zero-order valence-corrected chi connectivity index (χ0v) is 9.14. The fourth-order valence-electron chi connectivity index (χ4n) is 1.12. The summed E-state index contributed by atoms with van der Waals surface area (Å²) in [6.45, 7) is 1.93. The molecule has 1 nitrogen and oxygen atoms in total. The van der Waals surface area contributed by atoms with Crippen molar-refractivity contribution in [1.82, 2.24) is 0 Å². The van der Waals surface area contributed by atoms with Gasteiger partial charge in [0.05, 0.1) is 4.47 Å². The second kappa shape index (κ2) is 4.72. The molecule has 0 spiro atoms. The van der Waals surface area contributed by atoms with Crippen LogP contribution in [0, 0.1) is 5.82 Å². The Morgan fingerprint density at radius 3 is 2.85 bits per heavy atom. The zero-order chi connectivity index (χ0) is 9.84. The highest BCUT2D eigenvalue weighted by Crippen LogP contribution is 2.19. The predicted octanol–water partition coefficient (Wildman–Crippen LogP) is 2.87. The summed E-state index contributed by atoms with van der Waals surface area (Å²) in [5.74, 6) is -0.164. The average molecular weight is 246 g/mol. The number of hydrogen-bond donors (Lipinski definition) is 1. The standard InChI is InChI=1S/C10H13BrFN/c1-7(13)5-6-8-3-2-4-9(11)10(8)12/h2-4,7H,5-6,13H2,1H3/t7-/m0/s1. The van der Waals surface area contributed by atoms with Crippen LogP contribution in [0.3, 0.4) is 0 Å². The van der Waals surface area contributed by atoms with Crippen LogP contribution in [0.5, 0.6) is 0 Å². The van der Waals surface area contributed by atoms with E-state index in [0.29, 0.717) is 10.9 Å². The Labute approximate surface area is 86.3 Å². The molecule has 3 heteroatoms. The second-order valence-corrected chi connectivity index (χ2v) is 4.08. The van der Waals surface area contributed by atoms with Gasteiger partial charge in [-0.15, -0.1) is 0 Å². The molecule has 0 aromatic heterocycles. The maximum absolute atomic E-state index is 13.4. The molecular formula is C10H13BrFN. The third-order valence-corrected chi connectivity index (χ3v) is 2.51. The van der Waals surface area contributed by atoms with Crippen molar-refractivity contribution in [1.29, 1.82) is 0 Å². The molecule has 0 fully saturated rings. The maximum atomic E-state index is 13.4. The third-order valence-electron chi connectivity index (χ3n) is 1.90. The second-order valence-electron chi connectivity index (χ2n) is 3.23. The first-order valence-corrected chi connectivity index (χ1v) is 5.09. The highest BCUT2D eigenvalue weighted by molar-refractivity contribution is 9.10. The Morgan fingerprint density at radius 1 is 1.54 bits per heavy atom. The largest absolute Gasteiger partial charge is 0.328 e. The van der Waals surface area contributed by atoms with Crippen LogP contribution < -0.4 is 5.73 Å². The minimum Gasteiger partial charge on any atom is -0.328 e. The van der Waals surface area contributed by atoms with Crippen molar-refractivity contribution in [3.8, 4) is 0 Å². The third kappa shape index (κ3) is 3.08. The number of benzene rings is 1. The van der Waals surface area contributed by atoms with Crippen LogP contribution in [0.2, 0.25) is 0 Å². The summed E-state index contributed by atoms with van der Waals surface area (Å²) in [7, 11) is 0. The van der Waals surface area contributed by atoms with Crippen molar-refractivity contribution in [2.45, 2.75) is 25.8 Å². The number of rotatable bonds is 3. The van der Waals surface area contributed by atoms with E-state index in [-0.39, 0.29) is 11.9 Å². The first-order valence-electron chi connectivity index (χ1n) is 4.29. The Bertz CT molecular complexity index is 286. The molecule has 72 valence electrons. The molecule has 0 aliphatic carbocycles. The average Bonchev–Trinajstić information content (AvgIpc) is 2.07. The molecule has 13 heavy (non-hydrogen) atoms. The lowest BCUT2D eigenvalue weighted by atomic mass is 10.1. The molecule has 2 N–H and O–H groups in total. The minimum atomic E-state index is -0.164. The van der Waals surface area contributed by atoms with Crippen LogP contribution in [0.25, 0.3) is 0 Å². The summed E-state index contributed by atoms with van der Waals surface area (Å²) < 4.78 is 13.9. The normalized spacial score (nSPS) is 12.9. The van der Waals surface area contributed by atoms with Gasteiger partial charge in [-0.25, -0.2) is 4.39 Å². The van der Waals surface area contributed by atoms with E-state index in [9.17, 15) is 4.39 Å². The van der Waals surface area contributed by atoms with Crippen molar-refractivity contribution >= 4 is 15.9 Å². The summed E-state index contributed by atoms with van der Waals surface area (Å²) in [6, 6.07) is 5.45. The quantitative estimate of drug-likeness (QED) is 0.871. The molecule has 0 amide bonds. The van der Waals surface area contributed by atoms with Gasteiger partial charge in [0.2, 0.25) is 0 Å². The fourth-order valence-corrected chi connectivity index (χ4v) is 1.53. The van der Waals surface area contributed by atoms with E-state index in [1.165, 1.54) is 0 Å². The van der Waals surface area contributed by atoms with Crippen molar-refractivity contribution in [3.05, 3.63) is 34.1 Å². The Kier molecular flexibility index (Phi) is 3.88. The molecule has 1 rings (SSSR count). The SMILES string of the molecule is C[C@H](N)CCc1cccc(Br)c1F. The molecule has 0 bridgehead atoms. The molecule has 1 atom stereocenters. The van der Waals surface area contributed by atoms with Gasteiger partial charge in [-0.2, -0.15) is 0 Å². The van der Waals surface area contributed by atoms with E-state index < -0.39 is 0 Å².